The van der Waals surface area contributed by atoms with Crippen molar-refractivity contribution in [2.75, 3.05) is 6.61 Å². The summed E-state index contributed by atoms with van der Waals surface area (Å²) in [5.41, 5.74) is 1.98. The van der Waals surface area contributed by atoms with Crippen LogP contribution >= 0.6 is 0 Å². The molecule has 1 heterocycles. The standard InChI is InChI=1S/C14H14F3N3O2/c1-3-22-12(21)7-5-10-4-6-11-13(9(10)2)18-19-20(11)8-14(15,16)17/h4-7H,3,8H2,1-2H3/b7-5+. The number of rotatable bonds is 4. The predicted molar refractivity (Wildman–Crippen MR) is 74.0 cm³/mol. The van der Waals surface area contributed by atoms with Crippen molar-refractivity contribution < 1.29 is 22.7 Å². The number of halogens is 3. The van der Waals surface area contributed by atoms with E-state index >= 15 is 0 Å². The molecule has 0 aliphatic carbocycles. The van der Waals surface area contributed by atoms with Gasteiger partial charge in [-0.1, -0.05) is 11.3 Å². The second-order valence-corrected chi connectivity index (χ2v) is 4.60. The highest BCUT2D eigenvalue weighted by molar-refractivity contribution is 5.89. The summed E-state index contributed by atoms with van der Waals surface area (Å²) in [6.45, 7) is 2.48. The predicted octanol–water partition coefficient (Wildman–Crippen LogP) is 2.88. The van der Waals surface area contributed by atoms with Crippen LogP contribution in [0.5, 0.6) is 0 Å². The topological polar surface area (TPSA) is 57.0 Å². The third-order valence-electron chi connectivity index (χ3n) is 3.00. The maximum absolute atomic E-state index is 12.5. The Morgan fingerprint density at radius 2 is 2.14 bits per heavy atom. The van der Waals surface area contributed by atoms with Gasteiger partial charge in [0.05, 0.1) is 12.1 Å². The van der Waals surface area contributed by atoms with Gasteiger partial charge in [-0.15, -0.1) is 5.10 Å². The van der Waals surface area contributed by atoms with E-state index in [1.807, 2.05) is 0 Å². The third kappa shape index (κ3) is 3.63. The first-order valence-electron chi connectivity index (χ1n) is 6.56. The van der Waals surface area contributed by atoms with Gasteiger partial charge in [0.25, 0.3) is 0 Å². The van der Waals surface area contributed by atoms with Crippen LogP contribution in [0, 0.1) is 6.92 Å². The summed E-state index contributed by atoms with van der Waals surface area (Å²) in [6.07, 6.45) is -1.57. The molecule has 22 heavy (non-hydrogen) atoms. The molecule has 1 aromatic heterocycles. The Morgan fingerprint density at radius 3 is 2.77 bits per heavy atom. The molecule has 0 saturated carbocycles. The molecule has 8 heteroatoms. The van der Waals surface area contributed by atoms with Gasteiger partial charge in [0.15, 0.2) is 0 Å². The Balaban J connectivity index is 2.34. The van der Waals surface area contributed by atoms with Gasteiger partial charge in [-0.05, 0) is 37.1 Å². The number of carbonyl (C=O) groups excluding carboxylic acids is 1. The molecule has 1 aromatic carbocycles. The quantitative estimate of drug-likeness (QED) is 0.643. The molecule has 2 aromatic rings. The lowest BCUT2D eigenvalue weighted by Crippen LogP contribution is -2.18. The average molecular weight is 313 g/mol. The summed E-state index contributed by atoms with van der Waals surface area (Å²) >= 11 is 0. The van der Waals surface area contributed by atoms with Gasteiger partial charge >= 0.3 is 12.1 Å². The number of carbonyl (C=O) groups is 1. The molecule has 5 nitrogen and oxygen atoms in total. The van der Waals surface area contributed by atoms with E-state index in [1.165, 1.54) is 18.2 Å². The van der Waals surface area contributed by atoms with Crippen molar-refractivity contribution in [2.24, 2.45) is 0 Å². The molecule has 118 valence electrons. The molecule has 0 aliphatic heterocycles. The van der Waals surface area contributed by atoms with E-state index in [1.54, 1.807) is 19.9 Å². The summed E-state index contributed by atoms with van der Waals surface area (Å²) in [7, 11) is 0. The van der Waals surface area contributed by atoms with Crippen LogP contribution < -0.4 is 0 Å². The largest absolute Gasteiger partial charge is 0.463 e. The van der Waals surface area contributed by atoms with E-state index in [0.717, 1.165) is 4.68 Å². The lowest BCUT2D eigenvalue weighted by atomic mass is 10.1. The zero-order valence-corrected chi connectivity index (χ0v) is 12.0. The Hall–Kier alpha value is -2.38. The van der Waals surface area contributed by atoms with E-state index in [-0.39, 0.29) is 6.61 Å². The number of alkyl halides is 3. The van der Waals surface area contributed by atoms with Crippen LogP contribution in [0.25, 0.3) is 17.1 Å². The SMILES string of the molecule is CCOC(=O)/C=C/c1ccc2c(nnn2CC(F)(F)F)c1C. The van der Waals surface area contributed by atoms with Crippen molar-refractivity contribution in [3.63, 3.8) is 0 Å². The highest BCUT2D eigenvalue weighted by Gasteiger charge is 2.29. The summed E-state index contributed by atoms with van der Waals surface area (Å²) < 4.78 is 42.9. The molecule has 2 rings (SSSR count). The maximum Gasteiger partial charge on any atom is 0.408 e. The number of benzene rings is 1. The van der Waals surface area contributed by atoms with Crippen LogP contribution in [0.1, 0.15) is 18.1 Å². The van der Waals surface area contributed by atoms with E-state index in [4.69, 9.17) is 4.74 Å². The van der Waals surface area contributed by atoms with E-state index < -0.39 is 18.7 Å². The number of aromatic nitrogens is 3. The normalized spacial score (nSPS) is 12.2. The highest BCUT2D eigenvalue weighted by Crippen LogP contribution is 2.24. The van der Waals surface area contributed by atoms with Gasteiger partial charge in [-0.25, -0.2) is 9.48 Å². The van der Waals surface area contributed by atoms with Crippen molar-refractivity contribution in [3.05, 3.63) is 29.3 Å². The molecule has 0 spiro atoms. The van der Waals surface area contributed by atoms with Crippen LogP contribution in [0.2, 0.25) is 0 Å². The molecule has 0 N–H and O–H groups in total. The van der Waals surface area contributed by atoms with Crippen LogP contribution in [0.4, 0.5) is 13.2 Å². The minimum absolute atomic E-state index is 0.271. The van der Waals surface area contributed by atoms with Crippen LogP contribution in [-0.2, 0) is 16.1 Å². The third-order valence-corrected chi connectivity index (χ3v) is 3.00. The minimum Gasteiger partial charge on any atom is -0.463 e. The Bertz CT molecular complexity index is 720. The summed E-state index contributed by atoms with van der Waals surface area (Å²) in [5.74, 6) is -0.484. The second kappa shape index (κ2) is 6.17. The van der Waals surface area contributed by atoms with Crippen LogP contribution in [0.3, 0.4) is 0 Å². The van der Waals surface area contributed by atoms with Gasteiger partial charge in [0, 0.05) is 6.08 Å². The first kappa shape index (κ1) is 16.0. The van der Waals surface area contributed by atoms with E-state index in [9.17, 15) is 18.0 Å². The second-order valence-electron chi connectivity index (χ2n) is 4.60. The maximum atomic E-state index is 12.5. The molecule has 0 aliphatic rings. The number of aryl methyl sites for hydroxylation is 1. The molecule has 0 bridgehead atoms. The Kier molecular flexibility index (Phi) is 4.48. The zero-order valence-electron chi connectivity index (χ0n) is 12.0. The minimum atomic E-state index is -4.36. The monoisotopic (exact) mass is 313 g/mol. The summed E-state index contributed by atoms with van der Waals surface area (Å²) in [4.78, 5) is 11.3. The van der Waals surface area contributed by atoms with Crippen molar-refractivity contribution in [1.29, 1.82) is 0 Å². The molecule has 0 unspecified atom stereocenters. The molecule has 0 amide bonds. The van der Waals surface area contributed by atoms with Gasteiger partial charge < -0.3 is 4.74 Å². The number of fused-ring (bicyclic) bond motifs is 1. The molecule has 0 radical (unpaired) electrons. The molecular formula is C14H14F3N3O2. The Morgan fingerprint density at radius 1 is 1.41 bits per heavy atom. The van der Waals surface area contributed by atoms with Gasteiger partial charge in [-0.2, -0.15) is 13.2 Å². The average Bonchev–Trinajstić information content (AvgIpc) is 2.80. The summed E-state index contributed by atoms with van der Waals surface area (Å²) in [6, 6.07) is 3.11. The summed E-state index contributed by atoms with van der Waals surface area (Å²) in [5, 5.41) is 7.33. The van der Waals surface area contributed by atoms with Crippen molar-refractivity contribution in [2.45, 2.75) is 26.6 Å². The van der Waals surface area contributed by atoms with Gasteiger partial charge in [0.2, 0.25) is 0 Å². The van der Waals surface area contributed by atoms with Gasteiger partial charge in [-0.3, -0.25) is 0 Å². The molecule has 0 saturated heterocycles. The number of esters is 1. The van der Waals surface area contributed by atoms with Crippen molar-refractivity contribution in [1.82, 2.24) is 15.0 Å². The molecule has 0 fully saturated rings. The van der Waals surface area contributed by atoms with Crippen LogP contribution in [0.15, 0.2) is 18.2 Å². The van der Waals surface area contributed by atoms with Crippen molar-refractivity contribution in [3.8, 4) is 0 Å². The fourth-order valence-corrected chi connectivity index (χ4v) is 2.00. The van der Waals surface area contributed by atoms with Gasteiger partial charge in [0.1, 0.15) is 12.1 Å². The van der Waals surface area contributed by atoms with E-state index in [2.05, 4.69) is 10.3 Å². The fourth-order valence-electron chi connectivity index (χ4n) is 2.00. The first-order chi connectivity index (χ1) is 10.3. The zero-order chi connectivity index (χ0) is 16.3. The fraction of sp³-hybridized carbons (Fsp3) is 0.357. The van der Waals surface area contributed by atoms with Crippen LogP contribution in [-0.4, -0.2) is 33.7 Å². The number of nitrogens with zero attached hydrogens (tertiary/aromatic N) is 3. The molecular weight excluding hydrogens is 299 g/mol. The van der Waals surface area contributed by atoms with E-state index in [0.29, 0.717) is 22.2 Å². The number of hydrogen-bond acceptors (Lipinski definition) is 4. The smallest absolute Gasteiger partial charge is 0.408 e. The highest BCUT2D eigenvalue weighted by atomic mass is 19.4. The lowest BCUT2D eigenvalue weighted by molar-refractivity contribution is -0.142. The number of hydrogen-bond donors (Lipinski definition) is 0. The van der Waals surface area contributed by atoms with Crippen molar-refractivity contribution >= 4 is 23.1 Å². The Labute approximate surface area is 124 Å². The first-order valence-corrected chi connectivity index (χ1v) is 6.56. The lowest BCUT2D eigenvalue weighted by Gasteiger charge is -2.07. The number of ether oxygens (including phenoxy) is 1. The molecule has 0 atom stereocenters.